The van der Waals surface area contributed by atoms with E-state index in [0.29, 0.717) is 5.75 Å². The molecule has 0 unspecified atom stereocenters. The number of alkyl halides is 5. The summed E-state index contributed by atoms with van der Waals surface area (Å²) in [4.78, 5) is 11.2. The number of thioether (sulfide) groups is 1. The number of aliphatic hydroxyl groups excluding tert-OH is 1. The molecule has 0 aromatic heterocycles. The van der Waals surface area contributed by atoms with Crippen molar-refractivity contribution < 1.29 is 36.6 Å². The van der Waals surface area contributed by atoms with Crippen LogP contribution in [-0.4, -0.2) is 54.4 Å². The first-order valence-corrected chi connectivity index (χ1v) is 7.69. The van der Waals surface area contributed by atoms with Gasteiger partial charge in [0.1, 0.15) is 0 Å². The van der Waals surface area contributed by atoms with Crippen LogP contribution in [-0.2, 0) is 9.53 Å². The minimum atomic E-state index is -5.88. The van der Waals surface area contributed by atoms with Gasteiger partial charge in [-0.05, 0) is 25.4 Å². The number of halogens is 5. The summed E-state index contributed by atoms with van der Waals surface area (Å²) < 4.78 is 68.7. The Morgan fingerprint density at radius 3 is 2.36 bits per heavy atom. The average molecular weight is 351 g/mol. The molecule has 0 spiro atoms. The number of allylic oxidation sites excluding steroid dienone is 1. The van der Waals surface area contributed by atoms with Crippen LogP contribution in [0.15, 0.2) is 11.8 Å². The van der Waals surface area contributed by atoms with Crippen molar-refractivity contribution in [1.82, 2.24) is 5.32 Å². The molecular formula is C12H18F5NO3S. The molecule has 0 amide bonds. The van der Waals surface area contributed by atoms with E-state index in [2.05, 4.69) is 4.74 Å². The molecule has 0 aliphatic heterocycles. The number of carbonyl (C=O) groups excluding carboxylic acids is 1. The van der Waals surface area contributed by atoms with Crippen LogP contribution >= 0.6 is 11.8 Å². The Morgan fingerprint density at radius 1 is 1.36 bits per heavy atom. The summed E-state index contributed by atoms with van der Waals surface area (Å²) in [6, 6.07) is -1.04. The number of ether oxygens (including phenoxy) is 1. The molecule has 0 fully saturated rings. The summed E-state index contributed by atoms with van der Waals surface area (Å²) >= 11 is 1.34. The molecule has 0 aromatic rings. The summed E-state index contributed by atoms with van der Waals surface area (Å²) in [5, 5.41) is 11.0. The zero-order valence-corrected chi connectivity index (χ0v) is 12.9. The van der Waals surface area contributed by atoms with Gasteiger partial charge >= 0.3 is 18.1 Å². The number of hydrogen-bond donors (Lipinski definition) is 2. The molecule has 0 bridgehead atoms. The topological polar surface area (TPSA) is 58.6 Å². The maximum Gasteiger partial charge on any atom is 0.459 e. The number of hydrogen-bond acceptors (Lipinski definition) is 5. The van der Waals surface area contributed by atoms with E-state index in [0.717, 1.165) is 0 Å². The van der Waals surface area contributed by atoms with Crippen LogP contribution in [0.3, 0.4) is 0 Å². The molecular weight excluding hydrogens is 333 g/mol. The Morgan fingerprint density at radius 2 is 1.95 bits per heavy atom. The van der Waals surface area contributed by atoms with Gasteiger partial charge in [0.2, 0.25) is 0 Å². The van der Waals surface area contributed by atoms with Crippen molar-refractivity contribution in [1.29, 1.82) is 0 Å². The second kappa shape index (κ2) is 9.19. The minimum absolute atomic E-state index is 0.0682. The molecule has 0 aliphatic rings. The Kier molecular flexibility index (Phi) is 8.76. The van der Waals surface area contributed by atoms with E-state index in [1.165, 1.54) is 18.7 Å². The molecule has 0 aromatic carbocycles. The van der Waals surface area contributed by atoms with Crippen LogP contribution in [0.25, 0.3) is 0 Å². The standard InChI is InChI=1S/C12H18F5NO3S/c1-3-21-10(20)6-9(11(13,14)12(15,16)17)18-8(7-19)4-5-22-2/h6,8,18-19H,3-5,7H2,1-2H3/b9-6-/t8-/m0/s1. The maximum absolute atomic E-state index is 13.5. The van der Waals surface area contributed by atoms with Crippen LogP contribution in [0.1, 0.15) is 13.3 Å². The molecule has 4 nitrogen and oxygen atoms in total. The highest BCUT2D eigenvalue weighted by atomic mass is 32.2. The molecule has 10 heteroatoms. The second-order valence-electron chi connectivity index (χ2n) is 4.19. The van der Waals surface area contributed by atoms with Gasteiger partial charge in [-0.3, -0.25) is 0 Å². The molecule has 22 heavy (non-hydrogen) atoms. The van der Waals surface area contributed by atoms with E-state index >= 15 is 0 Å². The molecule has 2 N–H and O–H groups in total. The van der Waals surface area contributed by atoms with Gasteiger partial charge in [-0.15, -0.1) is 0 Å². The fourth-order valence-corrected chi connectivity index (χ4v) is 1.89. The Labute approximate surface area is 129 Å². The lowest BCUT2D eigenvalue weighted by Gasteiger charge is -2.27. The molecule has 0 rings (SSSR count). The molecule has 130 valence electrons. The van der Waals surface area contributed by atoms with Crippen molar-refractivity contribution in [3.8, 4) is 0 Å². The zero-order valence-electron chi connectivity index (χ0n) is 12.0. The number of nitrogens with one attached hydrogen (secondary N) is 1. The molecule has 0 aliphatic carbocycles. The van der Waals surface area contributed by atoms with Crippen LogP contribution in [0.2, 0.25) is 0 Å². The van der Waals surface area contributed by atoms with Crippen LogP contribution in [0, 0.1) is 0 Å². The molecule has 0 heterocycles. The first-order chi connectivity index (χ1) is 10.1. The minimum Gasteiger partial charge on any atom is -0.463 e. The number of rotatable bonds is 9. The Balaban J connectivity index is 5.38. The fraction of sp³-hybridized carbons (Fsp3) is 0.750. The van der Waals surface area contributed by atoms with Crippen molar-refractivity contribution in [2.24, 2.45) is 0 Å². The quantitative estimate of drug-likeness (QED) is 0.379. The summed E-state index contributed by atoms with van der Waals surface area (Å²) in [5.74, 6) is -6.15. The number of esters is 1. The first kappa shape index (κ1) is 21.0. The lowest BCUT2D eigenvalue weighted by Crippen LogP contribution is -2.47. The summed E-state index contributed by atoms with van der Waals surface area (Å²) in [6.07, 6.45) is -3.95. The number of carbonyl (C=O) groups is 1. The fourth-order valence-electron chi connectivity index (χ4n) is 1.37. The normalized spacial score (nSPS) is 14.6. The van der Waals surface area contributed by atoms with E-state index in [-0.39, 0.29) is 19.1 Å². The smallest absolute Gasteiger partial charge is 0.459 e. The lowest BCUT2D eigenvalue weighted by atomic mass is 10.1. The highest BCUT2D eigenvalue weighted by Crippen LogP contribution is 2.40. The van der Waals surface area contributed by atoms with Crippen molar-refractivity contribution in [3.05, 3.63) is 11.8 Å². The molecule has 0 saturated carbocycles. The molecule has 0 saturated heterocycles. The van der Waals surface area contributed by atoms with E-state index < -0.39 is 36.4 Å². The lowest BCUT2D eigenvalue weighted by molar-refractivity contribution is -0.266. The van der Waals surface area contributed by atoms with E-state index in [1.54, 1.807) is 6.26 Å². The van der Waals surface area contributed by atoms with Gasteiger partial charge in [0.15, 0.2) is 0 Å². The van der Waals surface area contributed by atoms with Crippen LogP contribution < -0.4 is 5.32 Å². The average Bonchev–Trinajstić information content (AvgIpc) is 2.41. The zero-order chi connectivity index (χ0) is 17.4. The monoisotopic (exact) mass is 351 g/mol. The Bertz CT molecular complexity index is 387. The van der Waals surface area contributed by atoms with Crippen LogP contribution in [0.5, 0.6) is 0 Å². The van der Waals surface area contributed by atoms with Crippen molar-refractivity contribution in [3.63, 3.8) is 0 Å². The third-order valence-corrected chi connectivity index (χ3v) is 3.14. The maximum atomic E-state index is 13.5. The van der Waals surface area contributed by atoms with Crippen molar-refractivity contribution in [2.45, 2.75) is 31.5 Å². The van der Waals surface area contributed by atoms with E-state index in [1.807, 2.05) is 5.32 Å². The van der Waals surface area contributed by atoms with Gasteiger partial charge in [0.25, 0.3) is 0 Å². The van der Waals surface area contributed by atoms with Gasteiger partial charge in [-0.1, -0.05) is 0 Å². The van der Waals surface area contributed by atoms with Gasteiger partial charge in [0.05, 0.1) is 18.9 Å². The van der Waals surface area contributed by atoms with Gasteiger partial charge in [-0.25, -0.2) is 4.79 Å². The first-order valence-electron chi connectivity index (χ1n) is 6.29. The summed E-state index contributed by atoms with van der Waals surface area (Å²) in [6.45, 7) is 0.556. The SMILES string of the molecule is CCOC(=O)/C=C(\N[C@H](CO)CCSC)C(F)(F)C(F)(F)F. The highest BCUT2D eigenvalue weighted by Gasteiger charge is 2.60. The largest absolute Gasteiger partial charge is 0.463 e. The summed E-state index contributed by atoms with van der Waals surface area (Å²) in [5.41, 5.74) is -1.64. The second-order valence-corrected chi connectivity index (χ2v) is 5.17. The van der Waals surface area contributed by atoms with Gasteiger partial charge in [-0.2, -0.15) is 33.7 Å². The third-order valence-electron chi connectivity index (χ3n) is 2.49. The third kappa shape index (κ3) is 6.39. The van der Waals surface area contributed by atoms with E-state index in [4.69, 9.17) is 5.11 Å². The predicted octanol–water partition coefficient (Wildman–Crippen LogP) is 2.33. The molecule has 1 atom stereocenters. The highest BCUT2D eigenvalue weighted by molar-refractivity contribution is 7.98. The molecule has 0 radical (unpaired) electrons. The van der Waals surface area contributed by atoms with Crippen LogP contribution in [0.4, 0.5) is 22.0 Å². The van der Waals surface area contributed by atoms with Gasteiger partial charge < -0.3 is 15.2 Å². The van der Waals surface area contributed by atoms with Crippen molar-refractivity contribution in [2.75, 3.05) is 25.2 Å². The summed E-state index contributed by atoms with van der Waals surface area (Å²) in [7, 11) is 0. The van der Waals surface area contributed by atoms with Gasteiger partial charge in [0, 0.05) is 12.1 Å². The van der Waals surface area contributed by atoms with E-state index in [9.17, 15) is 26.7 Å². The van der Waals surface area contributed by atoms with Crippen molar-refractivity contribution >= 4 is 17.7 Å². The Hall–Kier alpha value is -1.03. The predicted molar refractivity (Wildman–Crippen MR) is 72.7 cm³/mol. The number of aliphatic hydroxyl groups is 1.